The molecule has 0 aliphatic rings. The first-order chi connectivity index (χ1) is 11.9. The summed E-state index contributed by atoms with van der Waals surface area (Å²) in [6.45, 7) is 0.707. The fourth-order valence-electron chi connectivity index (χ4n) is 2.30. The largest absolute Gasteiger partial charge is 0.497 e. The van der Waals surface area contributed by atoms with Gasteiger partial charge in [0.1, 0.15) is 15.6 Å². The maximum Gasteiger partial charge on any atom is 0.224 e. The Labute approximate surface area is 148 Å². The molecule has 0 saturated carbocycles. The molecule has 1 amide bonds. The smallest absolute Gasteiger partial charge is 0.224 e. The van der Waals surface area contributed by atoms with Crippen molar-refractivity contribution in [1.29, 1.82) is 0 Å². The van der Waals surface area contributed by atoms with Crippen LogP contribution in [0.4, 0.5) is 0 Å². The van der Waals surface area contributed by atoms with E-state index in [2.05, 4.69) is 4.98 Å². The third-order valence-corrected chi connectivity index (χ3v) is 4.60. The highest BCUT2D eigenvalue weighted by Crippen LogP contribution is 2.15. The molecule has 1 heterocycles. The SMILES string of the molecule is COc1ccc(CN(Cc2ccccn2)C(=O)CCS(C)(=O)=O)cc1. The average molecular weight is 362 g/mol. The molecular weight excluding hydrogens is 340 g/mol. The van der Waals surface area contributed by atoms with Crippen molar-refractivity contribution in [3.8, 4) is 5.75 Å². The number of ether oxygens (including phenoxy) is 1. The molecule has 6 nitrogen and oxygen atoms in total. The van der Waals surface area contributed by atoms with E-state index in [9.17, 15) is 13.2 Å². The Morgan fingerprint density at radius 2 is 1.84 bits per heavy atom. The molecule has 0 saturated heterocycles. The van der Waals surface area contributed by atoms with Crippen LogP contribution in [0.25, 0.3) is 0 Å². The Morgan fingerprint density at radius 1 is 1.12 bits per heavy atom. The van der Waals surface area contributed by atoms with Crippen molar-refractivity contribution in [3.05, 3.63) is 59.9 Å². The summed E-state index contributed by atoms with van der Waals surface area (Å²) in [6.07, 6.45) is 2.76. The molecule has 0 atom stereocenters. The lowest BCUT2D eigenvalue weighted by atomic mass is 10.2. The minimum Gasteiger partial charge on any atom is -0.497 e. The van der Waals surface area contributed by atoms with Crippen LogP contribution in [0.1, 0.15) is 17.7 Å². The van der Waals surface area contributed by atoms with Gasteiger partial charge in [-0.1, -0.05) is 18.2 Å². The molecule has 1 aromatic carbocycles. The molecule has 2 rings (SSSR count). The predicted molar refractivity (Wildman–Crippen MR) is 95.8 cm³/mol. The molecule has 0 radical (unpaired) electrons. The highest BCUT2D eigenvalue weighted by atomic mass is 32.2. The van der Waals surface area contributed by atoms with Gasteiger partial charge >= 0.3 is 0 Å². The summed E-state index contributed by atoms with van der Waals surface area (Å²) in [4.78, 5) is 18.4. The van der Waals surface area contributed by atoms with Crippen LogP contribution in [0.15, 0.2) is 48.7 Å². The van der Waals surface area contributed by atoms with Crippen molar-refractivity contribution >= 4 is 15.7 Å². The Bertz CT molecular complexity index is 790. The van der Waals surface area contributed by atoms with Gasteiger partial charge in [-0.3, -0.25) is 9.78 Å². The Morgan fingerprint density at radius 3 is 2.40 bits per heavy atom. The number of carbonyl (C=O) groups excluding carboxylic acids is 1. The van der Waals surface area contributed by atoms with Gasteiger partial charge < -0.3 is 9.64 Å². The Hall–Kier alpha value is -2.41. The summed E-state index contributed by atoms with van der Waals surface area (Å²) in [5.74, 6) is 0.364. The van der Waals surface area contributed by atoms with Crippen LogP contribution in [-0.2, 0) is 27.7 Å². The van der Waals surface area contributed by atoms with E-state index in [1.807, 2.05) is 42.5 Å². The molecule has 0 spiro atoms. The van der Waals surface area contributed by atoms with Crippen molar-refractivity contribution in [2.45, 2.75) is 19.5 Å². The molecule has 0 bridgehead atoms. The summed E-state index contributed by atoms with van der Waals surface area (Å²) < 4.78 is 27.8. The molecule has 134 valence electrons. The van der Waals surface area contributed by atoms with E-state index < -0.39 is 9.84 Å². The number of benzene rings is 1. The Balaban J connectivity index is 2.13. The van der Waals surface area contributed by atoms with Crippen LogP contribution >= 0.6 is 0 Å². The summed E-state index contributed by atoms with van der Waals surface area (Å²) in [5, 5.41) is 0. The number of aromatic nitrogens is 1. The zero-order valence-electron chi connectivity index (χ0n) is 14.4. The van der Waals surface area contributed by atoms with Crippen molar-refractivity contribution in [2.24, 2.45) is 0 Å². The number of nitrogens with zero attached hydrogens (tertiary/aromatic N) is 2. The molecule has 0 aliphatic heterocycles. The topological polar surface area (TPSA) is 76.6 Å². The molecule has 2 aromatic rings. The normalized spacial score (nSPS) is 11.1. The number of hydrogen-bond acceptors (Lipinski definition) is 5. The molecule has 0 N–H and O–H groups in total. The van der Waals surface area contributed by atoms with Crippen LogP contribution < -0.4 is 4.74 Å². The minimum absolute atomic E-state index is 0.0399. The standard InChI is InChI=1S/C18H22N2O4S/c1-24-17-8-6-15(7-9-17)13-20(14-16-5-3-4-11-19-16)18(21)10-12-25(2,22)23/h3-9,11H,10,12-14H2,1-2H3. The van der Waals surface area contributed by atoms with E-state index in [1.165, 1.54) is 0 Å². The van der Waals surface area contributed by atoms with Crippen LogP contribution in [0.3, 0.4) is 0 Å². The van der Waals surface area contributed by atoms with E-state index in [0.29, 0.717) is 13.1 Å². The first-order valence-corrected chi connectivity index (χ1v) is 9.92. The lowest BCUT2D eigenvalue weighted by Gasteiger charge is -2.22. The maximum atomic E-state index is 12.5. The first kappa shape index (κ1) is 18.9. The first-order valence-electron chi connectivity index (χ1n) is 7.86. The third-order valence-electron chi connectivity index (χ3n) is 3.65. The third kappa shape index (κ3) is 6.54. The van der Waals surface area contributed by atoms with Gasteiger partial charge in [0.2, 0.25) is 5.91 Å². The molecule has 0 unspecified atom stereocenters. The van der Waals surface area contributed by atoms with Gasteiger partial charge in [-0.15, -0.1) is 0 Å². The predicted octanol–water partition coefficient (Wildman–Crippen LogP) is 2.05. The monoisotopic (exact) mass is 362 g/mol. The number of hydrogen-bond donors (Lipinski definition) is 0. The average Bonchev–Trinajstić information content (AvgIpc) is 2.60. The van der Waals surface area contributed by atoms with Crippen molar-refractivity contribution in [1.82, 2.24) is 9.88 Å². The van der Waals surface area contributed by atoms with Crippen molar-refractivity contribution in [2.75, 3.05) is 19.1 Å². The quantitative estimate of drug-likeness (QED) is 0.718. The number of sulfone groups is 1. The molecule has 7 heteroatoms. The van der Waals surface area contributed by atoms with Gasteiger partial charge in [-0.05, 0) is 29.8 Å². The van der Waals surface area contributed by atoms with Gasteiger partial charge in [-0.25, -0.2) is 8.42 Å². The molecule has 0 fully saturated rings. The summed E-state index contributed by atoms with van der Waals surface area (Å²) in [7, 11) is -1.59. The lowest BCUT2D eigenvalue weighted by molar-refractivity contribution is -0.132. The highest BCUT2D eigenvalue weighted by molar-refractivity contribution is 7.90. The van der Waals surface area contributed by atoms with Crippen LogP contribution in [0.5, 0.6) is 5.75 Å². The minimum atomic E-state index is -3.19. The Kier molecular flexibility index (Phi) is 6.52. The second kappa shape index (κ2) is 8.62. The summed E-state index contributed by atoms with van der Waals surface area (Å²) in [5.41, 5.74) is 1.69. The lowest BCUT2D eigenvalue weighted by Crippen LogP contribution is -2.31. The van der Waals surface area contributed by atoms with E-state index in [1.54, 1.807) is 18.2 Å². The number of rotatable bonds is 8. The van der Waals surface area contributed by atoms with Gasteiger partial charge in [-0.2, -0.15) is 0 Å². The molecule has 0 aliphatic carbocycles. The van der Waals surface area contributed by atoms with E-state index in [4.69, 9.17) is 4.74 Å². The van der Waals surface area contributed by atoms with E-state index in [-0.39, 0.29) is 18.1 Å². The zero-order valence-corrected chi connectivity index (χ0v) is 15.2. The van der Waals surface area contributed by atoms with E-state index >= 15 is 0 Å². The maximum absolute atomic E-state index is 12.5. The van der Waals surface area contributed by atoms with Crippen molar-refractivity contribution < 1.29 is 17.9 Å². The van der Waals surface area contributed by atoms with Crippen LogP contribution in [0, 0.1) is 0 Å². The van der Waals surface area contributed by atoms with E-state index in [0.717, 1.165) is 23.3 Å². The summed E-state index contributed by atoms with van der Waals surface area (Å²) >= 11 is 0. The fraction of sp³-hybridized carbons (Fsp3) is 0.333. The molecule has 1 aromatic heterocycles. The van der Waals surface area contributed by atoms with Gasteiger partial charge in [0, 0.05) is 25.4 Å². The fourth-order valence-corrected chi connectivity index (χ4v) is 2.85. The zero-order chi connectivity index (χ0) is 18.3. The molecule has 25 heavy (non-hydrogen) atoms. The number of methoxy groups -OCH3 is 1. The second-order valence-electron chi connectivity index (χ2n) is 5.80. The van der Waals surface area contributed by atoms with Crippen molar-refractivity contribution in [3.63, 3.8) is 0 Å². The number of carbonyl (C=O) groups is 1. The van der Waals surface area contributed by atoms with Gasteiger partial charge in [0.25, 0.3) is 0 Å². The number of pyridine rings is 1. The highest BCUT2D eigenvalue weighted by Gasteiger charge is 2.17. The second-order valence-corrected chi connectivity index (χ2v) is 8.06. The number of amides is 1. The molecular formula is C18H22N2O4S. The van der Waals surface area contributed by atoms with Crippen LogP contribution in [0.2, 0.25) is 0 Å². The van der Waals surface area contributed by atoms with Gasteiger partial charge in [0.15, 0.2) is 0 Å². The van der Waals surface area contributed by atoms with Crippen LogP contribution in [-0.4, -0.2) is 43.3 Å². The van der Waals surface area contributed by atoms with Gasteiger partial charge in [0.05, 0.1) is 25.1 Å². The summed E-state index contributed by atoms with van der Waals surface area (Å²) in [6, 6.07) is 12.9.